The predicted molar refractivity (Wildman–Crippen MR) is 51.9 cm³/mol. The number of nitrogens with one attached hydrogen (secondary N) is 1. The number of amides is 1. The van der Waals surface area contributed by atoms with E-state index in [4.69, 9.17) is 4.55 Å². The van der Waals surface area contributed by atoms with Gasteiger partial charge >= 0.3 is 10.3 Å². The van der Waals surface area contributed by atoms with E-state index in [0.29, 0.717) is 0 Å². The van der Waals surface area contributed by atoms with Gasteiger partial charge in [0, 0.05) is 0 Å². The van der Waals surface area contributed by atoms with E-state index in [-0.39, 0.29) is 6.41 Å². The molecular formula is C8H11NO4S. The first-order valence-corrected chi connectivity index (χ1v) is 5.10. The Bertz CT molecular complexity index is 360. The van der Waals surface area contributed by atoms with E-state index < -0.39 is 10.3 Å². The molecule has 1 aromatic rings. The van der Waals surface area contributed by atoms with Crippen LogP contribution in [0.15, 0.2) is 30.3 Å². The zero-order valence-corrected chi connectivity index (χ0v) is 8.36. The van der Waals surface area contributed by atoms with Gasteiger partial charge in [-0.05, 0) is 6.92 Å². The molecule has 0 aliphatic rings. The number of rotatable bonds is 2. The Morgan fingerprint density at radius 2 is 1.79 bits per heavy atom. The SMILES string of the molecule is Cc1ccccc1.O=CNS(=O)(=O)O. The molecule has 5 nitrogen and oxygen atoms in total. The maximum atomic E-state index is 9.44. The van der Waals surface area contributed by atoms with Crippen molar-refractivity contribution >= 4 is 16.7 Å². The number of hydrogen-bond donors (Lipinski definition) is 2. The summed E-state index contributed by atoms with van der Waals surface area (Å²) in [6.07, 6.45) is -0.130. The summed E-state index contributed by atoms with van der Waals surface area (Å²) in [5.74, 6) is 0. The smallest absolute Gasteiger partial charge is 0.278 e. The lowest BCUT2D eigenvalue weighted by Gasteiger charge is -1.84. The molecule has 0 heterocycles. The average Bonchev–Trinajstić information content (AvgIpc) is 2.04. The van der Waals surface area contributed by atoms with Crippen molar-refractivity contribution in [2.45, 2.75) is 6.92 Å². The first-order chi connectivity index (χ1) is 6.45. The van der Waals surface area contributed by atoms with E-state index in [1.54, 1.807) is 0 Å². The third kappa shape index (κ3) is 8.69. The molecular weight excluding hydrogens is 206 g/mol. The van der Waals surface area contributed by atoms with Crippen molar-refractivity contribution in [3.8, 4) is 0 Å². The molecule has 6 heteroatoms. The molecule has 0 unspecified atom stereocenters. The highest BCUT2D eigenvalue weighted by Gasteiger charge is 1.95. The molecule has 1 aromatic carbocycles. The van der Waals surface area contributed by atoms with Gasteiger partial charge < -0.3 is 0 Å². The second-order valence-electron chi connectivity index (χ2n) is 2.37. The lowest BCUT2D eigenvalue weighted by atomic mass is 10.2. The molecule has 0 aromatic heterocycles. The van der Waals surface area contributed by atoms with E-state index in [2.05, 4.69) is 19.1 Å². The molecule has 2 N–H and O–H groups in total. The van der Waals surface area contributed by atoms with Gasteiger partial charge in [0.15, 0.2) is 0 Å². The Balaban J connectivity index is 0.000000241. The monoisotopic (exact) mass is 217 g/mol. The van der Waals surface area contributed by atoms with Gasteiger partial charge in [-0.25, -0.2) is 4.72 Å². The molecule has 14 heavy (non-hydrogen) atoms. The summed E-state index contributed by atoms with van der Waals surface area (Å²) in [6.45, 7) is 2.08. The van der Waals surface area contributed by atoms with Crippen LogP contribution in [0.4, 0.5) is 0 Å². The average molecular weight is 217 g/mol. The van der Waals surface area contributed by atoms with Crippen molar-refractivity contribution < 1.29 is 17.8 Å². The van der Waals surface area contributed by atoms with Crippen molar-refractivity contribution in [3.63, 3.8) is 0 Å². The minimum absolute atomic E-state index is 0.130. The van der Waals surface area contributed by atoms with Crippen LogP contribution < -0.4 is 4.72 Å². The minimum atomic E-state index is -4.29. The maximum Gasteiger partial charge on any atom is 0.359 e. The fourth-order valence-corrected chi connectivity index (χ4v) is 0.717. The molecule has 1 rings (SSSR count). The van der Waals surface area contributed by atoms with Crippen LogP contribution in [0.5, 0.6) is 0 Å². The minimum Gasteiger partial charge on any atom is -0.278 e. The predicted octanol–water partition coefficient (Wildman–Crippen LogP) is 0.530. The first-order valence-electron chi connectivity index (χ1n) is 3.66. The highest BCUT2D eigenvalue weighted by Crippen LogP contribution is 1.92. The van der Waals surface area contributed by atoms with Gasteiger partial charge in [0.25, 0.3) is 0 Å². The summed E-state index contributed by atoms with van der Waals surface area (Å²) in [4.78, 5) is 9.17. The van der Waals surface area contributed by atoms with Gasteiger partial charge in [-0.15, -0.1) is 0 Å². The summed E-state index contributed by atoms with van der Waals surface area (Å²) in [5.41, 5.74) is 1.32. The molecule has 0 radical (unpaired) electrons. The number of hydrogen-bond acceptors (Lipinski definition) is 3. The molecule has 0 saturated carbocycles. The van der Waals surface area contributed by atoms with Crippen molar-refractivity contribution in [1.29, 1.82) is 0 Å². The molecule has 0 saturated heterocycles. The topological polar surface area (TPSA) is 83.5 Å². The highest BCUT2D eigenvalue weighted by atomic mass is 32.2. The quantitative estimate of drug-likeness (QED) is 0.559. The number of benzene rings is 1. The van der Waals surface area contributed by atoms with E-state index in [1.165, 1.54) is 5.56 Å². The number of carbonyl (C=O) groups excluding carboxylic acids is 1. The van der Waals surface area contributed by atoms with Crippen molar-refractivity contribution in [2.75, 3.05) is 0 Å². The summed E-state index contributed by atoms with van der Waals surface area (Å²) in [6, 6.07) is 10.3. The van der Waals surface area contributed by atoms with E-state index in [0.717, 1.165) is 4.72 Å². The largest absolute Gasteiger partial charge is 0.359 e. The lowest BCUT2D eigenvalue weighted by molar-refractivity contribution is -0.108. The van der Waals surface area contributed by atoms with Crippen molar-refractivity contribution in [3.05, 3.63) is 35.9 Å². The number of aryl methyl sites for hydroxylation is 1. The Hall–Kier alpha value is -1.40. The second-order valence-corrected chi connectivity index (χ2v) is 3.55. The van der Waals surface area contributed by atoms with Crippen molar-refractivity contribution in [2.24, 2.45) is 0 Å². The van der Waals surface area contributed by atoms with Crippen LogP contribution in [0, 0.1) is 6.92 Å². The van der Waals surface area contributed by atoms with Gasteiger partial charge in [-0.3, -0.25) is 9.35 Å². The molecule has 1 amide bonds. The van der Waals surface area contributed by atoms with Gasteiger partial charge in [0.2, 0.25) is 6.41 Å². The van der Waals surface area contributed by atoms with Crippen LogP contribution in [0.25, 0.3) is 0 Å². The molecule has 0 fully saturated rings. The van der Waals surface area contributed by atoms with Crippen LogP contribution in [-0.4, -0.2) is 19.4 Å². The first kappa shape index (κ1) is 12.6. The Kier molecular flexibility index (Phi) is 5.50. The lowest BCUT2D eigenvalue weighted by Crippen LogP contribution is -2.19. The highest BCUT2D eigenvalue weighted by molar-refractivity contribution is 7.84. The van der Waals surface area contributed by atoms with Gasteiger partial charge in [0.1, 0.15) is 0 Å². The van der Waals surface area contributed by atoms with Crippen molar-refractivity contribution in [1.82, 2.24) is 4.72 Å². The molecule has 0 bridgehead atoms. The van der Waals surface area contributed by atoms with E-state index in [9.17, 15) is 13.2 Å². The van der Waals surface area contributed by atoms with Crippen LogP contribution in [0.3, 0.4) is 0 Å². The Morgan fingerprint density at radius 1 is 1.29 bits per heavy atom. The molecule has 0 atom stereocenters. The third-order valence-electron chi connectivity index (χ3n) is 1.14. The van der Waals surface area contributed by atoms with Gasteiger partial charge in [0.05, 0.1) is 0 Å². The third-order valence-corrected chi connectivity index (χ3v) is 1.53. The summed E-state index contributed by atoms with van der Waals surface area (Å²) < 4.78 is 27.7. The van der Waals surface area contributed by atoms with Crippen LogP contribution in [0.1, 0.15) is 5.56 Å². The van der Waals surface area contributed by atoms with E-state index >= 15 is 0 Å². The zero-order valence-electron chi connectivity index (χ0n) is 7.54. The Labute approximate surface area is 82.6 Å². The second kappa shape index (κ2) is 6.11. The zero-order chi connectivity index (χ0) is 11.0. The molecule has 0 aliphatic carbocycles. The summed E-state index contributed by atoms with van der Waals surface area (Å²) >= 11 is 0. The molecule has 78 valence electrons. The van der Waals surface area contributed by atoms with Crippen LogP contribution in [-0.2, 0) is 15.1 Å². The van der Waals surface area contributed by atoms with E-state index in [1.807, 2.05) is 18.2 Å². The maximum absolute atomic E-state index is 9.44. The standard InChI is InChI=1S/C7H8.CH3NO4S/c1-7-5-3-2-4-6-7;3-1-2-7(4,5)6/h2-6H,1H3;1H,(H,2,3)(H,4,5,6). The molecule has 0 spiro atoms. The molecule has 0 aliphatic heterocycles. The summed E-state index contributed by atoms with van der Waals surface area (Å²) in [5, 5.41) is 0. The van der Waals surface area contributed by atoms with Gasteiger partial charge in [-0.1, -0.05) is 35.9 Å². The van der Waals surface area contributed by atoms with Crippen LogP contribution in [0.2, 0.25) is 0 Å². The number of carbonyl (C=O) groups is 1. The van der Waals surface area contributed by atoms with Crippen LogP contribution >= 0.6 is 0 Å². The Morgan fingerprint density at radius 3 is 1.93 bits per heavy atom. The fourth-order valence-electron chi connectivity index (χ4n) is 0.595. The van der Waals surface area contributed by atoms with Gasteiger partial charge in [-0.2, -0.15) is 8.42 Å². The summed E-state index contributed by atoms with van der Waals surface area (Å²) in [7, 11) is -4.29. The fraction of sp³-hybridized carbons (Fsp3) is 0.125. The normalized spacial score (nSPS) is 9.57.